The zero-order valence-electron chi connectivity index (χ0n) is 10.6. The minimum Gasteiger partial charge on any atom is -0.485 e. The van der Waals surface area contributed by atoms with E-state index in [0.717, 1.165) is 11.3 Å². The lowest BCUT2D eigenvalue weighted by atomic mass is 10.3. The number of hydrogen-bond acceptors (Lipinski definition) is 5. The van der Waals surface area contributed by atoms with Crippen LogP contribution in [0.25, 0.3) is 0 Å². The maximum Gasteiger partial charge on any atom is 0.365 e. The largest absolute Gasteiger partial charge is 0.485 e. The maximum atomic E-state index is 11.1. The Balaban J connectivity index is 2.06. The van der Waals surface area contributed by atoms with Gasteiger partial charge in [0.1, 0.15) is 12.4 Å². The van der Waals surface area contributed by atoms with Crippen LogP contribution in [0, 0.1) is 0 Å². The standard InChI is InChI=1S/C13H12N2O4S/c1-8(16)14-10-4-2-3-5-11(10)19-6-9-7-20-12(15-9)13(17)18/h2-5,7H,6H2,1H3,(H,14,16)(H,17,18). The molecular weight excluding hydrogens is 280 g/mol. The van der Waals surface area contributed by atoms with Gasteiger partial charge in [-0.1, -0.05) is 12.1 Å². The fourth-order valence-corrected chi connectivity index (χ4v) is 2.15. The number of aromatic carboxylic acids is 1. The van der Waals surface area contributed by atoms with Crippen molar-refractivity contribution in [3.8, 4) is 5.75 Å². The molecule has 2 N–H and O–H groups in total. The van der Waals surface area contributed by atoms with E-state index in [0.29, 0.717) is 17.1 Å². The quantitative estimate of drug-likeness (QED) is 0.883. The van der Waals surface area contributed by atoms with Gasteiger partial charge in [-0.05, 0) is 12.1 Å². The van der Waals surface area contributed by atoms with Crippen molar-refractivity contribution in [2.45, 2.75) is 13.5 Å². The molecule has 2 rings (SSSR count). The Bertz CT molecular complexity index is 639. The molecule has 0 saturated heterocycles. The fraction of sp³-hybridized carbons (Fsp3) is 0.154. The second-order valence-corrected chi connectivity index (χ2v) is 4.77. The summed E-state index contributed by atoms with van der Waals surface area (Å²) < 4.78 is 5.55. The molecule has 1 heterocycles. The first-order valence-corrected chi connectivity index (χ1v) is 6.61. The predicted octanol–water partition coefficient (Wildman–Crippen LogP) is 2.38. The summed E-state index contributed by atoms with van der Waals surface area (Å²) in [5, 5.41) is 13.1. The smallest absolute Gasteiger partial charge is 0.365 e. The summed E-state index contributed by atoms with van der Waals surface area (Å²) in [5.74, 6) is -0.740. The molecule has 1 aromatic carbocycles. The van der Waals surface area contributed by atoms with Crippen molar-refractivity contribution in [3.63, 3.8) is 0 Å². The first kappa shape index (κ1) is 14.0. The second-order valence-electron chi connectivity index (χ2n) is 3.92. The lowest BCUT2D eigenvalue weighted by molar-refractivity contribution is -0.114. The molecule has 7 heteroatoms. The minimum atomic E-state index is -1.06. The van der Waals surface area contributed by atoms with Gasteiger partial charge >= 0.3 is 5.97 Å². The number of nitrogens with zero attached hydrogens (tertiary/aromatic N) is 1. The SMILES string of the molecule is CC(=O)Nc1ccccc1OCc1csc(C(=O)O)n1. The molecule has 0 bridgehead atoms. The van der Waals surface area contributed by atoms with Crippen LogP contribution in [0.2, 0.25) is 0 Å². The number of amides is 1. The number of ether oxygens (including phenoxy) is 1. The summed E-state index contributed by atoms with van der Waals surface area (Å²) in [7, 11) is 0. The Hall–Kier alpha value is -2.41. The number of carbonyl (C=O) groups excluding carboxylic acids is 1. The van der Waals surface area contributed by atoms with Gasteiger partial charge < -0.3 is 15.2 Å². The number of benzene rings is 1. The van der Waals surface area contributed by atoms with Crippen molar-refractivity contribution in [2.24, 2.45) is 0 Å². The second kappa shape index (κ2) is 6.16. The van der Waals surface area contributed by atoms with E-state index in [9.17, 15) is 9.59 Å². The van der Waals surface area contributed by atoms with Gasteiger partial charge in [-0.2, -0.15) is 0 Å². The van der Waals surface area contributed by atoms with Crippen LogP contribution in [0.15, 0.2) is 29.6 Å². The van der Waals surface area contributed by atoms with Gasteiger partial charge in [0.15, 0.2) is 0 Å². The maximum absolute atomic E-state index is 11.1. The van der Waals surface area contributed by atoms with Gasteiger partial charge in [-0.25, -0.2) is 9.78 Å². The van der Waals surface area contributed by atoms with Gasteiger partial charge in [-0.15, -0.1) is 11.3 Å². The number of aromatic nitrogens is 1. The van der Waals surface area contributed by atoms with E-state index in [2.05, 4.69) is 10.3 Å². The Kier molecular flexibility index (Phi) is 4.31. The highest BCUT2D eigenvalue weighted by Crippen LogP contribution is 2.24. The Morgan fingerprint density at radius 2 is 2.15 bits per heavy atom. The molecule has 0 fully saturated rings. The summed E-state index contributed by atoms with van der Waals surface area (Å²) in [6.07, 6.45) is 0. The number of rotatable bonds is 5. The van der Waals surface area contributed by atoms with Crippen LogP contribution in [-0.2, 0) is 11.4 Å². The molecule has 6 nitrogen and oxygen atoms in total. The number of carboxylic acids is 1. The molecule has 0 radical (unpaired) electrons. The summed E-state index contributed by atoms with van der Waals surface area (Å²) in [6, 6.07) is 7.00. The Labute approximate surface area is 119 Å². The van der Waals surface area contributed by atoms with Crippen LogP contribution >= 0.6 is 11.3 Å². The van der Waals surface area contributed by atoms with E-state index in [1.807, 2.05) is 0 Å². The van der Waals surface area contributed by atoms with Gasteiger partial charge in [0.05, 0.1) is 11.4 Å². The number of nitrogens with one attached hydrogen (secondary N) is 1. The van der Waals surface area contributed by atoms with E-state index in [1.165, 1.54) is 6.92 Å². The average Bonchev–Trinajstić information content (AvgIpc) is 2.86. The molecule has 1 aromatic heterocycles. The van der Waals surface area contributed by atoms with E-state index in [-0.39, 0.29) is 17.5 Å². The summed E-state index contributed by atoms with van der Waals surface area (Å²) in [5.41, 5.74) is 1.10. The monoisotopic (exact) mass is 292 g/mol. The molecule has 0 aliphatic carbocycles. The lowest BCUT2D eigenvalue weighted by Crippen LogP contribution is -2.08. The molecule has 0 aliphatic rings. The number of anilines is 1. The van der Waals surface area contributed by atoms with Crippen LogP contribution in [0.3, 0.4) is 0 Å². The topological polar surface area (TPSA) is 88.5 Å². The van der Waals surface area contributed by atoms with E-state index in [1.54, 1.807) is 29.6 Å². The van der Waals surface area contributed by atoms with Crippen molar-refractivity contribution in [3.05, 3.63) is 40.3 Å². The third-order valence-electron chi connectivity index (χ3n) is 2.31. The zero-order valence-corrected chi connectivity index (χ0v) is 11.4. The highest BCUT2D eigenvalue weighted by Gasteiger charge is 2.10. The molecule has 2 aromatic rings. The molecule has 104 valence electrons. The number of carbonyl (C=O) groups is 2. The normalized spacial score (nSPS) is 10.1. The summed E-state index contributed by atoms with van der Waals surface area (Å²) >= 11 is 1.05. The third kappa shape index (κ3) is 3.55. The van der Waals surface area contributed by atoms with Crippen LogP contribution in [0.1, 0.15) is 22.4 Å². The average molecular weight is 292 g/mol. The Morgan fingerprint density at radius 1 is 1.40 bits per heavy atom. The summed E-state index contributed by atoms with van der Waals surface area (Å²) in [4.78, 5) is 25.7. The van der Waals surface area contributed by atoms with Crippen LogP contribution in [0.5, 0.6) is 5.75 Å². The van der Waals surface area contributed by atoms with Gasteiger partial charge in [0.2, 0.25) is 10.9 Å². The number of carboxylic acid groups (broad SMARTS) is 1. The van der Waals surface area contributed by atoms with Crippen molar-refractivity contribution in [1.29, 1.82) is 0 Å². The van der Waals surface area contributed by atoms with E-state index >= 15 is 0 Å². The van der Waals surface area contributed by atoms with Crippen LogP contribution < -0.4 is 10.1 Å². The van der Waals surface area contributed by atoms with Gasteiger partial charge in [0.25, 0.3) is 0 Å². The Morgan fingerprint density at radius 3 is 2.80 bits per heavy atom. The zero-order chi connectivity index (χ0) is 14.5. The number of thiazole rings is 1. The molecule has 0 spiro atoms. The van der Waals surface area contributed by atoms with Crippen molar-refractivity contribution >= 4 is 28.9 Å². The molecule has 0 unspecified atom stereocenters. The number of hydrogen-bond donors (Lipinski definition) is 2. The van der Waals surface area contributed by atoms with Gasteiger partial charge in [0, 0.05) is 12.3 Å². The molecule has 20 heavy (non-hydrogen) atoms. The van der Waals surface area contributed by atoms with Crippen molar-refractivity contribution < 1.29 is 19.4 Å². The minimum absolute atomic E-state index is 0.0266. The van der Waals surface area contributed by atoms with Crippen molar-refractivity contribution in [1.82, 2.24) is 4.98 Å². The predicted molar refractivity (Wildman–Crippen MR) is 74.2 cm³/mol. The molecular formula is C13H12N2O4S. The lowest BCUT2D eigenvalue weighted by Gasteiger charge is -2.10. The highest BCUT2D eigenvalue weighted by molar-refractivity contribution is 7.11. The first-order chi connectivity index (χ1) is 9.56. The molecule has 0 saturated carbocycles. The van der Waals surface area contributed by atoms with Crippen LogP contribution in [0.4, 0.5) is 5.69 Å². The fourth-order valence-electron chi connectivity index (χ4n) is 1.51. The van der Waals surface area contributed by atoms with Crippen molar-refractivity contribution in [2.75, 3.05) is 5.32 Å². The van der Waals surface area contributed by atoms with E-state index in [4.69, 9.17) is 9.84 Å². The van der Waals surface area contributed by atoms with Crippen LogP contribution in [-0.4, -0.2) is 22.0 Å². The third-order valence-corrected chi connectivity index (χ3v) is 3.19. The number of para-hydroxylation sites is 2. The highest BCUT2D eigenvalue weighted by atomic mass is 32.1. The molecule has 1 amide bonds. The molecule has 0 atom stereocenters. The first-order valence-electron chi connectivity index (χ1n) is 5.73. The molecule has 0 aliphatic heterocycles. The summed E-state index contributed by atoms with van der Waals surface area (Å²) in [6.45, 7) is 1.55. The van der Waals surface area contributed by atoms with E-state index < -0.39 is 5.97 Å². The van der Waals surface area contributed by atoms with Gasteiger partial charge in [-0.3, -0.25) is 4.79 Å².